The highest BCUT2D eigenvalue weighted by Crippen LogP contribution is 2.42. The Bertz CT molecular complexity index is 2240. The van der Waals surface area contributed by atoms with Gasteiger partial charge in [0, 0.05) is 85.0 Å². The van der Waals surface area contributed by atoms with Gasteiger partial charge in [-0.1, -0.05) is 24.0 Å². The molecule has 65 heavy (non-hydrogen) atoms. The maximum atomic E-state index is 15.1. The molecule has 3 aliphatic rings. The molecule has 350 valence electrons. The predicted octanol–water partition coefficient (Wildman–Crippen LogP) is 5.64. The van der Waals surface area contributed by atoms with Crippen molar-refractivity contribution in [3.05, 3.63) is 100 Å². The first-order valence-corrected chi connectivity index (χ1v) is 21.1. The summed E-state index contributed by atoms with van der Waals surface area (Å²) in [7, 11) is 0.938. The highest BCUT2D eigenvalue weighted by atomic mass is 19.4. The standard InChI is InChI=1S/C46H52F7N7O5/c1-45(2,46(51,52)53)43(58-44(63)64-3)39(61)17-31(40(62)21-56-20-35-36(47)15-30(16-37(35)48)38(54)12-13-55-22-41(49)50)14-28-7-4-27(5-8-28)6-9-29-10-11-42(57-19-29)60-24-32-18-33(60)23-59(32)34-25-65-26-34/h4-5,7-8,10-13,15-16,19,31-34,40-41,43,56,62H,14,17-18,20-26,54H2,1-3H3,(H,58,63)/t31-,32-,33-,40+,43-/m1/s1. The van der Waals surface area contributed by atoms with Crippen LogP contribution >= 0.6 is 0 Å². The van der Waals surface area contributed by atoms with Crippen LogP contribution in [0.15, 0.2) is 65.8 Å². The van der Waals surface area contributed by atoms with E-state index in [0.717, 1.165) is 83.9 Å². The normalized spacial score (nSPS) is 19.5. The topological polar surface area (TPSA) is 155 Å². The average molecular weight is 916 g/mol. The number of Topliss-reactive ketones (excluding diaryl/α,β-unsaturated/α-hetero) is 1. The van der Waals surface area contributed by atoms with Gasteiger partial charge in [0.05, 0.1) is 44.4 Å². The molecule has 0 aliphatic carbocycles. The Morgan fingerprint density at radius 2 is 1.71 bits per heavy atom. The molecule has 1 aromatic heterocycles. The van der Waals surface area contributed by atoms with Crippen molar-refractivity contribution in [3.8, 4) is 11.8 Å². The van der Waals surface area contributed by atoms with E-state index in [2.05, 4.69) is 41.7 Å². The molecule has 6 rings (SSSR count). The number of benzene rings is 2. The summed E-state index contributed by atoms with van der Waals surface area (Å²) >= 11 is 0. The second kappa shape index (κ2) is 21.2. The van der Waals surface area contributed by atoms with E-state index in [4.69, 9.17) is 10.5 Å². The summed E-state index contributed by atoms with van der Waals surface area (Å²) in [5.41, 5.74) is 4.36. The minimum Gasteiger partial charge on any atom is -0.453 e. The van der Waals surface area contributed by atoms with Crippen LogP contribution in [-0.2, 0) is 27.2 Å². The summed E-state index contributed by atoms with van der Waals surface area (Å²) in [4.78, 5) is 38.9. The summed E-state index contributed by atoms with van der Waals surface area (Å²) in [6.45, 7) is 3.44. The Labute approximate surface area is 372 Å². The SMILES string of the molecule is COC(=O)N[C@H](C(=O)C[C@@H](Cc1ccc(C#Cc2ccc(N3C[C@H]4C[C@@H]3CN4C3COC3)nc2)cc1)[C@@H](O)CNCc1c(F)cc(C(N)=CC=NCC(F)F)cc1F)C(C)(C)C(F)(F)F. The van der Waals surface area contributed by atoms with Crippen molar-refractivity contribution < 1.29 is 54.9 Å². The number of anilines is 1. The molecular weight excluding hydrogens is 864 g/mol. The molecule has 3 fully saturated rings. The van der Waals surface area contributed by atoms with Gasteiger partial charge in [-0.2, -0.15) is 13.2 Å². The van der Waals surface area contributed by atoms with Crippen molar-refractivity contribution >= 4 is 29.6 Å². The summed E-state index contributed by atoms with van der Waals surface area (Å²) in [5.74, 6) is 2.98. The zero-order valence-corrected chi connectivity index (χ0v) is 36.1. The van der Waals surface area contributed by atoms with Crippen LogP contribution in [0.5, 0.6) is 0 Å². The number of alkyl carbamates (subject to hydrolysis) is 1. The predicted molar refractivity (Wildman–Crippen MR) is 229 cm³/mol. The summed E-state index contributed by atoms with van der Waals surface area (Å²) in [5, 5.41) is 16.2. The number of halogens is 7. The lowest BCUT2D eigenvalue weighted by Gasteiger charge is -2.42. The Kier molecular flexibility index (Phi) is 15.9. The van der Waals surface area contributed by atoms with Crippen LogP contribution in [0.4, 0.5) is 41.3 Å². The number of aromatic nitrogens is 1. The van der Waals surface area contributed by atoms with Gasteiger partial charge in [0.15, 0.2) is 5.78 Å². The van der Waals surface area contributed by atoms with Gasteiger partial charge in [-0.3, -0.25) is 14.7 Å². The third kappa shape index (κ3) is 12.2. The quantitative estimate of drug-likeness (QED) is 0.0717. The molecule has 1 amide bonds. The molecule has 2 aromatic carbocycles. The van der Waals surface area contributed by atoms with Crippen LogP contribution in [0.2, 0.25) is 0 Å². The lowest BCUT2D eigenvalue weighted by molar-refractivity contribution is -0.220. The fraction of sp³-hybridized carbons (Fsp3) is 0.478. The molecule has 5 atom stereocenters. The summed E-state index contributed by atoms with van der Waals surface area (Å²) in [6, 6.07) is 11.9. The van der Waals surface area contributed by atoms with Gasteiger partial charge in [0.25, 0.3) is 6.43 Å². The number of carbonyl (C=O) groups is 2. The number of likely N-dealkylation sites (tertiary alicyclic amines) is 1. The van der Waals surface area contributed by atoms with Crippen LogP contribution in [0, 0.1) is 34.8 Å². The third-order valence-electron chi connectivity index (χ3n) is 12.2. The molecule has 0 unspecified atom stereocenters. The minimum atomic E-state index is -4.94. The highest BCUT2D eigenvalue weighted by Gasteiger charge is 2.55. The zero-order valence-electron chi connectivity index (χ0n) is 36.1. The third-order valence-corrected chi connectivity index (χ3v) is 12.2. The van der Waals surface area contributed by atoms with Crippen molar-refractivity contribution in [2.75, 3.05) is 51.4 Å². The van der Waals surface area contributed by atoms with E-state index in [1.54, 1.807) is 30.5 Å². The first-order valence-electron chi connectivity index (χ1n) is 21.1. The Morgan fingerprint density at radius 3 is 2.28 bits per heavy atom. The Hall–Kier alpha value is -5.55. The molecule has 2 bridgehead atoms. The van der Waals surface area contributed by atoms with E-state index in [9.17, 15) is 36.6 Å². The van der Waals surface area contributed by atoms with Gasteiger partial charge in [0.2, 0.25) is 0 Å². The van der Waals surface area contributed by atoms with Gasteiger partial charge >= 0.3 is 12.3 Å². The number of pyridine rings is 1. The number of hydrogen-bond acceptors (Lipinski definition) is 11. The number of ether oxygens (including phenoxy) is 2. The molecule has 19 heteroatoms. The second-order valence-corrected chi connectivity index (χ2v) is 17.0. The monoisotopic (exact) mass is 915 g/mol. The van der Waals surface area contributed by atoms with Crippen molar-refractivity contribution in [1.82, 2.24) is 20.5 Å². The lowest BCUT2D eigenvalue weighted by Crippen LogP contribution is -2.56. The number of aliphatic imine (C=N–C) groups is 1. The molecule has 4 heterocycles. The number of rotatable bonds is 18. The van der Waals surface area contributed by atoms with Gasteiger partial charge < -0.3 is 35.8 Å². The summed E-state index contributed by atoms with van der Waals surface area (Å²) in [6.07, 6.45) is -6.07. The molecule has 12 nitrogen and oxygen atoms in total. The molecule has 3 saturated heterocycles. The van der Waals surface area contributed by atoms with Crippen LogP contribution < -0.4 is 21.3 Å². The number of nitrogens with zero attached hydrogens (tertiary/aromatic N) is 4. The molecule has 0 saturated carbocycles. The van der Waals surface area contributed by atoms with Crippen molar-refractivity contribution in [2.24, 2.45) is 22.1 Å². The number of nitrogens with one attached hydrogen (secondary N) is 2. The Balaban J connectivity index is 1.13. The highest BCUT2D eigenvalue weighted by molar-refractivity contribution is 5.88. The van der Waals surface area contributed by atoms with Gasteiger partial charge in [-0.25, -0.2) is 27.3 Å². The molecule has 0 radical (unpaired) electrons. The number of piperazine rings is 1. The van der Waals surface area contributed by atoms with Gasteiger partial charge in [-0.05, 0) is 80.6 Å². The maximum Gasteiger partial charge on any atom is 0.407 e. The number of allylic oxidation sites excluding steroid dienone is 1. The van der Waals surface area contributed by atoms with Gasteiger partial charge in [-0.15, -0.1) is 0 Å². The van der Waals surface area contributed by atoms with Gasteiger partial charge in [0.1, 0.15) is 23.5 Å². The number of aliphatic hydroxyl groups excluding tert-OH is 1. The number of ketones is 1. The van der Waals surface area contributed by atoms with Crippen molar-refractivity contribution in [2.45, 2.75) is 82.5 Å². The fourth-order valence-corrected chi connectivity index (χ4v) is 8.19. The van der Waals surface area contributed by atoms with Crippen molar-refractivity contribution in [3.63, 3.8) is 0 Å². The number of nitrogens with two attached hydrogens (primary N) is 1. The number of alkyl halides is 5. The first kappa shape index (κ1) is 48.9. The lowest BCUT2D eigenvalue weighted by atomic mass is 9.77. The Morgan fingerprint density at radius 1 is 1.03 bits per heavy atom. The van der Waals surface area contributed by atoms with Crippen LogP contribution in [0.3, 0.4) is 0 Å². The smallest absolute Gasteiger partial charge is 0.407 e. The zero-order chi connectivity index (χ0) is 47.1. The number of amides is 1. The fourth-order valence-electron chi connectivity index (χ4n) is 8.19. The van der Waals surface area contributed by atoms with E-state index >= 15 is 8.78 Å². The maximum absolute atomic E-state index is 15.1. The van der Waals surface area contributed by atoms with Crippen LogP contribution in [0.1, 0.15) is 54.5 Å². The van der Waals surface area contributed by atoms with E-state index < -0.39 is 84.7 Å². The molecule has 3 aromatic rings. The van der Waals surface area contributed by atoms with E-state index in [-0.39, 0.29) is 24.2 Å². The van der Waals surface area contributed by atoms with Crippen LogP contribution in [-0.4, -0.2) is 122 Å². The number of fused-ring (bicyclic) bond motifs is 2. The molecule has 0 spiro atoms. The van der Waals surface area contributed by atoms with Crippen molar-refractivity contribution in [1.29, 1.82) is 0 Å². The largest absolute Gasteiger partial charge is 0.453 e. The number of methoxy groups -OCH3 is 1. The molecule has 3 aliphatic heterocycles. The number of carbonyl (C=O) groups excluding carboxylic acids is 2. The van der Waals surface area contributed by atoms with E-state index in [0.29, 0.717) is 34.8 Å². The minimum absolute atomic E-state index is 0.0285. The molecular formula is C46H52F7N7O5. The van der Waals surface area contributed by atoms with E-state index in [1.807, 2.05) is 17.4 Å². The average Bonchev–Trinajstić information content (AvgIpc) is 3.85. The number of hydrogen-bond donors (Lipinski definition) is 4. The first-order chi connectivity index (χ1) is 30.8. The second-order valence-electron chi connectivity index (χ2n) is 17.0. The number of aliphatic hydroxyl groups is 1. The summed E-state index contributed by atoms with van der Waals surface area (Å²) < 4.78 is 108. The van der Waals surface area contributed by atoms with E-state index in [1.165, 1.54) is 0 Å². The molecule has 5 N–H and O–H groups in total. The van der Waals surface area contributed by atoms with Crippen LogP contribution in [0.25, 0.3) is 5.70 Å².